The number of carbonyl (C=O) groups excluding carboxylic acids is 1. The Hall–Kier alpha value is -3.76. The molecule has 4 bridgehead atoms. The number of aryl methyl sites for hydroxylation is 1. The highest BCUT2D eigenvalue weighted by atomic mass is 16.5. The fourth-order valence-corrected chi connectivity index (χ4v) is 14.6. The third kappa shape index (κ3) is 12.4. The molecular weight excluding hydrogens is 841 g/mol. The molecule has 2 aliphatic heterocycles. The van der Waals surface area contributed by atoms with E-state index in [4.69, 9.17) is 4.74 Å². The summed E-state index contributed by atoms with van der Waals surface area (Å²) in [5.41, 5.74) is 9.51. The fraction of sp³-hybridized carbons (Fsp3) is 0.661. The van der Waals surface area contributed by atoms with E-state index in [0.717, 1.165) is 123 Å². The molecule has 7 aliphatic rings. The van der Waals surface area contributed by atoms with Crippen molar-refractivity contribution in [2.75, 3.05) is 77.0 Å². The molecule has 0 spiro atoms. The Labute approximate surface area is 409 Å². The monoisotopic (exact) mass is 927 g/mol. The van der Waals surface area contributed by atoms with Gasteiger partial charge in [0.1, 0.15) is 0 Å². The van der Waals surface area contributed by atoms with Crippen LogP contribution in [0.5, 0.6) is 0 Å². The molecule has 3 aromatic rings. The number of hydrogen-bond donors (Lipinski definition) is 2. The maximum atomic E-state index is 14.0. The fourth-order valence-electron chi connectivity index (χ4n) is 14.6. The van der Waals surface area contributed by atoms with Crippen LogP contribution in [-0.4, -0.2) is 104 Å². The van der Waals surface area contributed by atoms with Crippen LogP contribution in [0.25, 0.3) is 11.1 Å². The molecule has 7 fully saturated rings. The van der Waals surface area contributed by atoms with Crippen LogP contribution in [0.2, 0.25) is 0 Å². The molecule has 2 N–H and O–H groups in total. The van der Waals surface area contributed by atoms with Crippen LogP contribution in [0.4, 0.5) is 5.69 Å². The third-order valence-electron chi connectivity index (χ3n) is 17.8. The number of pyridine rings is 1. The van der Waals surface area contributed by atoms with E-state index in [1.807, 2.05) is 19.1 Å². The molecule has 68 heavy (non-hydrogen) atoms. The van der Waals surface area contributed by atoms with Crippen molar-refractivity contribution in [2.45, 2.75) is 143 Å². The smallest absolute Gasteiger partial charge is 0.253 e. The number of carbonyl (C=O) groups is 1. The SMILES string of the molecule is C=C1CC(C)CC(CCCCN(CCN2CCN(Cc3ccc(-c4cc(C(=O)NCc5ccc(C)[nH]c5=O)c(C)c(N(CC)C5CCOCC5)c4)cc3)CC2)CCC23CC4CC(CC(C4)C2)C3)C1. The van der Waals surface area contributed by atoms with Crippen LogP contribution in [-0.2, 0) is 17.8 Å². The van der Waals surface area contributed by atoms with E-state index in [1.54, 1.807) is 25.3 Å². The molecule has 5 saturated carbocycles. The second-order valence-corrected chi connectivity index (χ2v) is 23.2. The Morgan fingerprint density at radius 2 is 1.56 bits per heavy atom. The van der Waals surface area contributed by atoms with E-state index in [2.05, 4.69) is 87.6 Å². The van der Waals surface area contributed by atoms with Crippen LogP contribution in [0.3, 0.4) is 0 Å². The van der Waals surface area contributed by atoms with Gasteiger partial charge in [-0.05, 0) is 193 Å². The van der Waals surface area contributed by atoms with Crippen molar-refractivity contribution >= 4 is 11.6 Å². The summed E-state index contributed by atoms with van der Waals surface area (Å²) in [6, 6.07) is 17.4. The van der Waals surface area contributed by atoms with Gasteiger partial charge in [0.2, 0.25) is 0 Å². The highest BCUT2D eigenvalue weighted by Gasteiger charge is 2.50. The number of unbranched alkanes of at least 4 members (excludes halogenated alkanes) is 1. The van der Waals surface area contributed by atoms with Gasteiger partial charge < -0.3 is 24.8 Å². The van der Waals surface area contributed by atoms with Gasteiger partial charge in [0, 0.05) is 101 Å². The van der Waals surface area contributed by atoms with E-state index in [-0.39, 0.29) is 18.0 Å². The zero-order chi connectivity index (χ0) is 47.2. The number of benzene rings is 2. The van der Waals surface area contributed by atoms with E-state index in [0.29, 0.717) is 22.6 Å². The molecule has 1 aromatic heterocycles. The average molecular weight is 927 g/mol. The van der Waals surface area contributed by atoms with Crippen molar-refractivity contribution in [3.63, 3.8) is 0 Å². The second kappa shape index (κ2) is 22.5. The van der Waals surface area contributed by atoms with Crippen molar-refractivity contribution in [3.8, 4) is 11.1 Å². The van der Waals surface area contributed by atoms with Crippen LogP contribution in [0.15, 0.2) is 65.5 Å². The van der Waals surface area contributed by atoms with Gasteiger partial charge in [-0.3, -0.25) is 19.4 Å². The van der Waals surface area contributed by atoms with Crippen molar-refractivity contribution in [1.29, 1.82) is 0 Å². The molecule has 10 rings (SSSR count). The molecule has 2 aromatic carbocycles. The molecule has 2 atom stereocenters. The summed E-state index contributed by atoms with van der Waals surface area (Å²) in [6.45, 7) is 25.9. The van der Waals surface area contributed by atoms with Crippen molar-refractivity contribution in [3.05, 3.63) is 99.0 Å². The van der Waals surface area contributed by atoms with Gasteiger partial charge in [-0.15, -0.1) is 0 Å². The largest absolute Gasteiger partial charge is 0.381 e. The van der Waals surface area contributed by atoms with Gasteiger partial charge >= 0.3 is 0 Å². The highest BCUT2D eigenvalue weighted by Crippen LogP contribution is 2.61. The van der Waals surface area contributed by atoms with Gasteiger partial charge in [0.15, 0.2) is 0 Å². The van der Waals surface area contributed by atoms with E-state index in [1.165, 1.54) is 102 Å². The average Bonchev–Trinajstić information content (AvgIpc) is 3.32. The lowest BCUT2D eigenvalue weighted by Gasteiger charge is -2.57. The minimum absolute atomic E-state index is 0.165. The summed E-state index contributed by atoms with van der Waals surface area (Å²) < 4.78 is 5.74. The minimum Gasteiger partial charge on any atom is -0.381 e. The lowest BCUT2D eigenvalue weighted by molar-refractivity contribution is -0.0612. The lowest BCUT2D eigenvalue weighted by Crippen LogP contribution is -2.49. The Morgan fingerprint density at radius 1 is 0.853 bits per heavy atom. The first-order valence-electron chi connectivity index (χ1n) is 27.4. The van der Waals surface area contributed by atoms with E-state index >= 15 is 0 Å². The number of aromatic amines is 1. The van der Waals surface area contributed by atoms with Crippen molar-refractivity contribution < 1.29 is 9.53 Å². The maximum absolute atomic E-state index is 14.0. The predicted octanol–water partition coefficient (Wildman–Crippen LogP) is 10.8. The maximum Gasteiger partial charge on any atom is 0.253 e. The topological polar surface area (TPSA) is 84.2 Å². The number of nitrogens with one attached hydrogen (secondary N) is 2. The molecule has 9 heteroatoms. The highest BCUT2D eigenvalue weighted by molar-refractivity contribution is 5.99. The number of rotatable bonds is 20. The van der Waals surface area contributed by atoms with Crippen LogP contribution >= 0.6 is 0 Å². The zero-order valence-electron chi connectivity index (χ0n) is 42.6. The molecule has 0 radical (unpaired) electrons. The molecule has 1 amide bonds. The molecule has 2 unspecified atom stereocenters. The molecule has 3 heterocycles. The first kappa shape index (κ1) is 49.2. The normalized spacial score (nSPS) is 26.7. The minimum atomic E-state index is -0.165. The molecule has 5 aliphatic carbocycles. The van der Waals surface area contributed by atoms with Crippen LogP contribution < -0.4 is 15.8 Å². The summed E-state index contributed by atoms with van der Waals surface area (Å²) in [6.07, 6.45) is 20.6. The number of aromatic nitrogens is 1. The van der Waals surface area contributed by atoms with Gasteiger partial charge in [0.05, 0.1) is 0 Å². The number of ether oxygens (including phenoxy) is 1. The Balaban J connectivity index is 0.802. The second-order valence-electron chi connectivity index (χ2n) is 23.2. The van der Waals surface area contributed by atoms with E-state index < -0.39 is 0 Å². The molecule has 2 saturated heterocycles. The zero-order valence-corrected chi connectivity index (χ0v) is 42.6. The Morgan fingerprint density at radius 3 is 2.24 bits per heavy atom. The van der Waals surface area contributed by atoms with Gasteiger partial charge in [-0.2, -0.15) is 0 Å². The number of nitrogens with zero attached hydrogens (tertiary/aromatic N) is 4. The molecule has 9 nitrogen and oxygen atoms in total. The number of amides is 1. The number of hydrogen-bond acceptors (Lipinski definition) is 7. The molecular formula is C59H86N6O3. The van der Waals surface area contributed by atoms with Gasteiger partial charge in [0.25, 0.3) is 11.5 Å². The third-order valence-corrected chi connectivity index (χ3v) is 17.8. The Kier molecular flexibility index (Phi) is 16.3. The summed E-state index contributed by atoms with van der Waals surface area (Å²) in [7, 11) is 0. The quantitative estimate of drug-likeness (QED) is 0.0863. The number of allylic oxidation sites excluding steroid dienone is 1. The first-order chi connectivity index (χ1) is 33.0. The van der Waals surface area contributed by atoms with Gasteiger partial charge in [-0.1, -0.05) is 62.2 Å². The summed E-state index contributed by atoms with van der Waals surface area (Å²) >= 11 is 0. The number of piperazine rings is 1. The Bertz CT molecular complexity index is 2180. The summed E-state index contributed by atoms with van der Waals surface area (Å²) in [5.74, 6) is 4.63. The first-order valence-corrected chi connectivity index (χ1v) is 27.4. The van der Waals surface area contributed by atoms with Gasteiger partial charge in [-0.25, -0.2) is 0 Å². The number of H-pyrrole nitrogens is 1. The van der Waals surface area contributed by atoms with Crippen LogP contribution in [0, 0.1) is 48.9 Å². The van der Waals surface area contributed by atoms with Crippen LogP contribution in [0.1, 0.15) is 143 Å². The lowest BCUT2D eigenvalue weighted by atomic mass is 9.49. The predicted molar refractivity (Wildman–Crippen MR) is 279 cm³/mol. The van der Waals surface area contributed by atoms with Crippen molar-refractivity contribution in [1.82, 2.24) is 25.0 Å². The molecule has 370 valence electrons. The summed E-state index contributed by atoms with van der Waals surface area (Å²) in [5, 5.41) is 3.07. The van der Waals surface area contributed by atoms with Crippen molar-refractivity contribution in [2.24, 2.45) is 35.0 Å². The standard InChI is InChI=1S/C59H86N6O3/c1-6-65(54-16-27-68-28-17-54)56-36-53(35-55(45(56)5)58(67)60-40-52-13-10-44(4)61-57(52)66)51-14-11-46(12-15-51)41-64-25-23-63(24-26-64)22-21-62(19-8-7-9-47-30-42(2)29-43(3)31-47)20-18-59-37-48-32-49(38-59)34-50(33-48)39-59/h10-15,35-36,43,47-50,54H,2,6-9,16-34,37-41H2,1,3-5H3,(H,60,67)(H,61,66). The summed E-state index contributed by atoms with van der Waals surface area (Å²) in [4.78, 5) is 40.2. The van der Waals surface area contributed by atoms with E-state index in [9.17, 15) is 9.59 Å². The number of anilines is 1.